The van der Waals surface area contributed by atoms with Gasteiger partial charge in [-0.2, -0.15) is 0 Å². The number of imide groups is 1. The van der Waals surface area contributed by atoms with E-state index in [0.29, 0.717) is 18.5 Å². The number of amides is 5. The number of aryl methyl sites for hydroxylation is 1. The molecule has 9 heteroatoms. The van der Waals surface area contributed by atoms with Crippen LogP contribution >= 0.6 is 15.9 Å². The second-order valence-corrected chi connectivity index (χ2v) is 9.00. The van der Waals surface area contributed by atoms with Crippen molar-refractivity contribution in [1.82, 2.24) is 14.7 Å². The molecule has 1 aromatic carbocycles. The minimum absolute atomic E-state index is 0.175. The van der Waals surface area contributed by atoms with E-state index in [-0.39, 0.29) is 24.9 Å². The number of urea groups is 1. The van der Waals surface area contributed by atoms with Crippen molar-refractivity contribution in [1.29, 1.82) is 0 Å². The Labute approximate surface area is 184 Å². The quantitative estimate of drug-likeness (QED) is 0.658. The SMILES string of the molecule is Cc1cc(Br)ccc1NC(=O)CN(C)C(=O)CN1C(=O)N(C)C2(CCCCC2)C1=O. The number of benzene rings is 1. The summed E-state index contributed by atoms with van der Waals surface area (Å²) in [5.74, 6) is -1.11. The number of anilines is 1. The first-order valence-corrected chi connectivity index (χ1v) is 10.8. The monoisotopic (exact) mass is 478 g/mol. The number of halogens is 1. The summed E-state index contributed by atoms with van der Waals surface area (Å²) < 4.78 is 0.908. The van der Waals surface area contributed by atoms with E-state index in [4.69, 9.17) is 0 Å². The third kappa shape index (κ3) is 4.21. The fourth-order valence-corrected chi connectivity index (χ4v) is 4.66. The molecule has 0 bridgehead atoms. The van der Waals surface area contributed by atoms with E-state index in [1.165, 1.54) is 16.8 Å². The van der Waals surface area contributed by atoms with Crippen LogP contribution in [0.15, 0.2) is 22.7 Å². The summed E-state index contributed by atoms with van der Waals surface area (Å²) in [5.41, 5.74) is 0.737. The van der Waals surface area contributed by atoms with Gasteiger partial charge in [-0.25, -0.2) is 4.79 Å². The molecule has 0 atom stereocenters. The van der Waals surface area contributed by atoms with Gasteiger partial charge in [0.05, 0.1) is 6.54 Å². The highest BCUT2D eigenvalue weighted by molar-refractivity contribution is 9.10. The van der Waals surface area contributed by atoms with Crippen molar-refractivity contribution in [2.24, 2.45) is 0 Å². The topological polar surface area (TPSA) is 90.0 Å². The van der Waals surface area contributed by atoms with Gasteiger partial charge in [-0.05, 0) is 43.5 Å². The number of likely N-dealkylation sites (N-methyl/N-ethyl adjacent to an activating group) is 2. The summed E-state index contributed by atoms with van der Waals surface area (Å²) in [6, 6.07) is 5.03. The number of hydrogen-bond acceptors (Lipinski definition) is 4. The van der Waals surface area contributed by atoms with Crippen LogP contribution in [-0.2, 0) is 14.4 Å². The minimum Gasteiger partial charge on any atom is -0.335 e. The van der Waals surface area contributed by atoms with E-state index in [2.05, 4.69) is 21.2 Å². The minimum atomic E-state index is -0.815. The van der Waals surface area contributed by atoms with Crippen LogP contribution in [0.5, 0.6) is 0 Å². The van der Waals surface area contributed by atoms with Crippen LogP contribution in [0.25, 0.3) is 0 Å². The Morgan fingerprint density at radius 1 is 1.20 bits per heavy atom. The Balaban J connectivity index is 1.60. The van der Waals surface area contributed by atoms with Crippen molar-refractivity contribution in [3.05, 3.63) is 28.2 Å². The Morgan fingerprint density at radius 2 is 1.87 bits per heavy atom. The lowest BCUT2D eigenvalue weighted by molar-refractivity contribution is -0.140. The van der Waals surface area contributed by atoms with Gasteiger partial charge in [0.1, 0.15) is 12.1 Å². The van der Waals surface area contributed by atoms with Crippen LogP contribution in [0.4, 0.5) is 10.5 Å². The lowest BCUT2D eigenvalue weighted by Crippen LogP contribution is -2.49. The van der Waals surface area contributed by atoms with E-state index in [1.54, 1.807) is 13.1 Å². The lowest BCUT2D eigenvalue weighted by Gasteiger charge is -2.35. The number of rotatable bonds is 5. The average Bonchev–Trinajstić information content (AvgIpc) is 2.87. The van der Waals surface area contributed by atoms with Gasteiger partial charge in [-0.3, -0.25) is 19.3 Å². The Morgan fingerprint density at radius 3 is 2.50 bits per heavy atom. The number of carbonyl (C=O) groups excluding carboxylic acids is 4. The highest BCUT2D eigenvalue weighted by Gasteiger charge is 2.55. The fourth-order valence-electron chi connectivity index (χ4n) is 4.19. The zero-order valence-electron chi connectivity index (χ0n) is 17.5. The normalized spacial score (nSPS) is 18.1. The van der Waals surface area contributed by atoms with Gasteiger partial charge in [-0.1, -0.05) is 35.2 Å². The zero-order valence-corrected chi connectivity index (χ0v) is 19.1. The van der Waals surface area contributed by atoms with Crippen LogP contribution in [0.2, 0.25) is 0 Å². The van der Waals surface area contributed by atoms with Crippen molar-refractivity contribution in [2.45, 2.75) is 44.6 Å². The maximum absolute atomic E-state index is 13.0. The molecule has 5 amide bonds. The van der Waals surface area contributed by atoms with Crippen molar-refractivity contribution in [3.63, 3.8) is 0 Å². The molecule has 1 heterocycles. The molecule has 162 valence electrons. The van der Waals surface area contributed by atoms with Gasteiger partial charge in [-0.15, -0.1) is 0 Å². The van der Waals surface area contributed by atoms with Crippen LogP contribution in [0.3, 0.4) is 0 Å². The van der Waals surface area contributed by atoms with Gasteiger partial charge in [0.25, 0.3) is 5.91 Å². The summed E-state index contributed by atoms with van der Waals surface area (Å²) in [6.45, 7) is 1.34. The second kappa shape index (κ2) is 8.75. The molecule has 1 aromatic rings. The molecule has 1 saturated carbocycles. The highest BCUT2D eigenvalue weighted by Crippen LogP contribution is 2.39. The van der Waals surface area contributed by atoms with Gasteiger partial charge in [0.15, 0.2) is 0 Å². The van der Waals surface area contributed by atoms with Crippen molar-refractivity contribution in [2.75, 3.05) is 32.5 Å². The molecule has 0 radical (unpaired) electrons. The third-order valence-corrected chi connectivity index (χ3v) is 6.54. The maximum atomic E-state index is 13.0. The molecular formula is C21H27BrN4O4. The molecule has 0 aromatic heterocycles. The molecule has 0 unspecified atom stereocenters. The van der Waals surface area contributed by atoms with E-state index in [9.17, 15) is 19.2 Å². The summed E-state index contributed by atoms with van der Waals surface area (Å²) in [7, 11) is 3.12. The van der Waals surface area contributed by atoms with Crippen LogP contribution in [0, 0.1) is 6.92 Å². The van der Waals surface area contributed by atoms with Crippen LogP contribution in [0.1, 0.15) is 37.7 Å². The smallest absolute Gasteiger partial charge is 0.327 e. The molecule has 2 aliphatic rings. The zero-order chi connectivity index (χ0) is 22.1. The fraction of sp³-hybridized carbons (Fsp3) is 0.524. The van der Waals surface area contributed by atoms with Crippen molar-refractivity contribution >= 4 is 45.4 Å². The molecule has 1 aliphatic heterocycles. The van der Waals surface area contributed by atoms with Gasteiger partial charge >= 0.3 is 6.03 Å². The van der Waals surface area contributed by atoms with Gasteiger partial charge in [0, 0.05) is 24.3 Å². The predicted molar refractivity (Wildman–Crippen MR) is 116 cm³/mol. The summed E-state index contributed by atoms with van der Waals surface area (Å²) in [5, 5.41) is 2.78. The van der Waals surface area contributed by atoms with E-state index < -0.39 is 17.5 Å². The average molecular weight is 479 g/mol. The number of nitrogens with zero attached hydrogens (tertiary/aromatic N) is 3. The first-order valence-electron chi connectivity index (χ1n) is 10.1. The molecule has 8 nitrogen and oxygen atoms in total. The predicted octanol–water partition coefficient (Wildman–Crippen LogP) is 2.75. The van der Waals surface area contributed by atoms with E-state index in [0.717, 1.165) is 34.2 Å². The lowest BCUT2D eigenvalue weighted by atomic mass is 9.81. The largest absolute Gasteiger partial charge is 0.335 e. The first-order chi connectivity index (χ1) is 14.2. The Hall–Kier alpha value is -2.42. The first kappa shape index (κ1) is 22.3. The molecule has 2 fully saturated rings. The molecule has 1 saturated heterocycles. The van der Waals surface area contributed by atoms with E-state index >= 15 is 0 Å². The molecule has 1 spiro atoms. The second-order valence-electron chi connectivity index (χ2n) is 8.08. The summed E-state index contributed by atoms with van der Waals surface area (Å²) in [6.07, 6.45) is 4.08. The van der Waals surface area contributed by atoms with Gasteiger partial charge in [0.2, 0.25) is 11.8 Å². The Kier molecular flexibility index (Phi) is 6.50. The van der Waals surface area contributed by atoms with Crippen molar-refractivity contribution < 1.29 is 19.2 Å². The molecule has 1 aliphatic carbocycles. The molecule has 3 rings (SSSR count). The van der Waals surface area contributed by atoms with E-state index in [1.807, 2.05) is 19.1 Å². The standard InChI is InChI=1S/C21H27BrN4O4/c1-14-11-15(22)7-8-16(14)23-17(27)12-24(2)18(28)13-26-19(29)21(25(3)20(26)30)9-5-4-6-10-21/h7-8,11H,4-6,9-10,12-13H2,1-3H3,(H,23,27). The van der Waals surface area contributed by atoms with Crippen LogP contribution < -0.4 is 5.32 Å². The summed E-state index contributed by atoms with van der Waals surface area (Å²) >= 11 is 3.38. The van der Waals surface area contributed by atoms with Crippen molar-refractivity contribution in [3.8, 4) is 0 Å². The molecule has 30 heavy (non-hydrogen) atoms. The maximum Gasteiger partial charge on any atom is 0.327 e. The molecular weight excluding hydrogens is 452 g/mol. The Bertz CT molecular complexity index is 882. The highest BCUT2D eigenvalue weighted by atomic mass is 79.9. The number of carbonyl (C=O) groups is 4. The third-order valence-electron chi connectivity index (χ3n) is 6.05. The molecule has 1 N–H and O–H groups in total. The number of hydrogen-bond donors (Lipinski definition) is 1. The van der Waals surface area contributed by atoms with Crippen LogP contribution in [-0.4, -0.2) is 71.2 Å². The summed E-state index contributed by atoms with van der Waals surface area (Å²) in [4.78, 5) is 54.4. The number of nitrogens with one attached hydrogen (secondary N) is 1. The van der Waals surface area contributed by atoms with Gasteiger partial charge < -0.3 is 15.1 Å².